The lowest BCUT2D eigenvalue weighted by molar-refractivity contribution is -0.143. The van der Waals surface area contributed by atoms with Crippen LogP contribution in [0.2, 0.25) is 0 Å². The van der Waals surface area contributed by atoms with Gasteiger partial charge < -0.3 is 4.90 Å². The predicted molar refractivity (Wildman–Crippen MR) is 117 cm³/mol. The molecule has 11 heteroatoms. The van der Waals surface area contributed by atoms with Gasteiger partial charge in [0.05, 0.1) is 17.2 Å². The van der Waals surface area contributed by atoms with Crippen LogP contribution in [0.4, 0.5) is 35.1 Å². The normalized spacial score (nSPS) is 17.6. The Labute approximate surface area is 203 Å². The average molecular weight is 522 g/mol. The largest absolute Gasteiger partial charge is 0.416 e. The summed E-state index contributed by atoms with van der Waals surface area (Å²) in [6.07, 6.45) is -10.7. The van der Waals surface area contributed by atoms with Gasteiger partial charge in [-0.15, -0.1) is 0 Å². The van der Waals surface area contributed by atoms with E-state index in [1.54, 1.807) is 0 Å². The Hall–Kier alpha value is -2.69. The van der Waals surface area contributed by atoms with E-state index in [-0.39, 0.29) is 30.9 Å². The van der Waals surface area contributed by atoms with E-state index in [0.29, 0.717) is 30.8 Å². The number of alkyl halides is 7. The van der Waals surface area contributed by atoms with Crippen LogP contribution in [0.5, 0.6) is 0 Å². The van der Waals surface area contributed by atoms with Crippen LogP contribution in [0.15, 0.2) is 42.5 Å². The number of benzene rings is 2. The third-order valence-electron chi connectivity index (χ3n) is 6.59. The maximum absolute atomic E-state index is 13.7. The van der Waals surface area contributed by atoms with Crippen molar-refractivity contribution in [2.45, 2.75) is 56.8 Å². The molecule has 0 N–H and O–H groups in total. The molecule has 1 heterocycles. The minimum absolute atomic E-state index is 0.0388. The number of amides is 1. The number of carbonyl (C=O) groups excluding carboxylic acids is 1. The summed E-state index contributed by atoms with van der Waals surface area (Å²) in [5, 5.41) is 0. The molecule has 0 aromatic heterocycles. The Morgan fingerprint density at radius 3 is 1.92 bits per heavy atom. The fraction of sp³-hybridized carbons (Fsp3) is 0.480. The second-order valence-electron chi connectivity index (χ2n) is 9.00. The number of rotatable bonds is 6. The minimum atomic E-state index is -5.01. The summed E-state index contributed by atoms with van der Waals surface area (Å²) in [4.78, 5) is 16.2. The third-order valence-corrected chi connectivity index (χ3v) is 6.59. The molecule has 0 spiro atoms. The average Bonchev–Trinajstić information content (AvgIpc) is 2.81. The van der Waals surface area contributed by atoms with E-state index in [0.717, 1.165) is 4.90 Å². The number of carbonyl (C=O) groups is 1. The molecule has 3 nitrogen and oxygen atoms in total. The second-order valence-corrected chi connectivity index (χ2v) is 9.00. The molecule has 1 amide bonds. The Kier molecular flexibility index (Phi) is 8.32. The standard InChI is InChI=1S/C25H26F8N2O/c1-15(17-11-18(24(28,29)30)13-19(12-17)25(31,32)33)34(2)23(36)14-22(16-3-5-20(26)6-4-16)35-9-7-21(27)8-10-35/h3-6,11-13,15,21-22H,7-10,14H2,1-2H3/t15-,22?/m0/s1. The first-order chi connectivity index (χ1) is 16.7. The first-order valence-corrected chi connectivity index (χ1v) is 11.4. The highest BCUT2D eigenvalue weighted by molar-refractivity contribution is 5.77. The SMILES string of the molecule is C[C@@H](c1cc(C(F)(F)F)cc(C(F)(F)F)c1)N(C)C(=O)CC(c1ccc(F)cc1)N1CCC(F)CC1. The summed E-state index contributed by atoms with van der Waals surface area (Å²) < 4.78 is 107. The van der Waals surface area contributed by atoms with Gasteiger partial charge in [-0.25, -0.2) is 8.78 Å². The van der Waals surface area contributed by atoms with E-state index in [1.165, 1.54) is 38.2 Å². The molecule has 0 radical (unpaired) electrons. The molecule has 2 aromatic rings. The van der Waals surface area contributed by atoms with E-state index in [2.05, 4.69) is 0 Å². The molecular formula is C25H26F8N2O. The molecule has 2 aromatic carbocycles. The monoisotopic (exact) mass is 522 g/mol. The predicted octanol–water partition coefficient (Wildman–Crippen LogP) is 6.95. The van der Waals surface area contributed by atoms with E-state index in [4.69, 9.17) is 0 Å². The molecule has 1 saturated heterocycles. The first-order valence-electron chi connectivity index (χ1n) is 11.4. The molecule has 198 valence electrons. The van der Waals surface area contributed by atoms with Crippen molar-refractivity contribution in [3.05, 3.63) is 70.5 Å². The fourth-order valence-corrected chi connectivity index (χ4v) is 4.29. The molecular weight excluding hydrogens is 496 g/mol. The van der Waals surface area contributed by atoms with Crippen LogP contribution >= 0.6 is 0 Å². The molecule has 2 atom stereocenters. The third kappa shape index (κ3) is 6.74. The van der Waals surface area contributed by atoms with Gasteiger partial charge in [0.2, 0.25) is 5.91 Å². The van der Waals surface area contributed by atoms with Gasteiger partial charge in [-0.3, -0.25) is 9.69 Å². The first kappa shape index (κ1) is 27.9. The summed E-state index contributed by atoms with van der Waals surface area (Å²) >= 11 is 0. The fourth-order valence-electron chi connectivity index (χ4n) is 4.29. The van der Waals surface area contributed by atoms with Gasteiger partial charge in [-0.1, -0.05) is 12.1 Å². The van der Waals surface area contributed by atoms with Crippen LogP contribution in [0.3, 0.4) is 0 Å². The van der Waals surface area contributed by atoms with E-state index >= 15 is 0 Å². The number of hydrogen-bond acceptors (Lipinski definition) is 2. The van der Waals surface area contributed by atoms with Crippen LogP contribution in [-0.4, -0.2) is 42.0 Å². The van der Waals surface area contributed by atoms with Crippen molar-refractivity contribution in [1.29, 1.82) is 0 Å². The summed E-state index contributed by atoms with van der Waals surface area (Å²) in [6.45, 7) is 2.03. The van der Waals surface area contributed by atoms with E-state index in [1.807, 2.05) is 4.90 Å². The highest BCUT2D eigenvalue weighted by atomic mass is 19.4. The molecule has 1 aliphatic heterocycles. The number of likely N-dealkylation sites (tertiary alicyclic amines) is 1. The Morgan fingerprint density at radius 1 is 0.944 bits per heavy atom. The van der Waals surface area contributed by atoms with Crippen LogP contribution < -0.4 is 0 Å². The zero-order valence-corrected chi connectivity index (χ0v) is 19.6. The van der Waals surface area contributed by atoms with Gasteiger partial charge in [-0.2, -0.15) is 26.3 Å². The van der Waals surface area contributed by atoms with Crippen LogP contribution in [0.1, 0.15) is 60.5 Å². The van der Waals surface area contributed by atoms with Crippen molar-refractivity contribution in [3.63, 3.8) is 0 Å². The molecule has 1 fully saturated rings. The van der Waals surface area contributed by atoms with E-state index < -0.39 is 53.5 Å². The lowest BCUT2D eigenvalue weighted by atomic mass is 9.96. The molecule has 0 saturated carbocycles. The van der Waals surface area contributed by atoms with Crippen molar-refractivity contribution in [2.24, 2.45) is 0 Å². The van der Waals surface area contributed by atoms with Gasteiger partial charge >= 0.3 is 12.4 Å². The second kappa shape index (κ2) is 10.7. The van der Waals surface area contributed by atoms with Gasteiger partial charge in [0, 0.05) is 32.6 Å². The Bertz CT molecular complexity index is 1010. The topological polar surface area (TPSA) is 23.6 Å². The van der Waals surface area contributed by atoms with Crippen molar-refractivity contribution in [2.75, 3.05) is 20.1 Å². The quantitative estimate of drug-likeness (QED) is 0.384. The number of halogens is 8. The zero-order chi connectivity index (χ0) is 26.8. The maximum Gasteiger partial charge on any atom is 0.416 e. The lowest BCUT2D eigenvalue weighted by Crippen LogP contribution is -2.40. The zero-order valence-electron chi connectivity index (χ0n) is 19.6. The minimum Gasteiger partial charge on any atom is -0.339 e. The number of nitrogens with zero attached hydrogens (tertiary/aromatic N) is 2. The van der Waals surface area contributed by atoms with Gasteiger partial charge in [-0.05, 0) is 61.2 Å². The molecule has 3 rings (SSSR count). The highest BCUT2D eigenvalue weighted by Crippen LogP contribution is 2.38. The van der Waals surface area contributed by atoms with Gasteiger partial charge in [0.1, 0.15) is 12.0 Å². The molecule has 1 aliphatic rings. The Balaban J connectivity index is 1.87. The number of piperidine rings is 1. The van der Waals surface area contributed by atoms with Crippen molar-refractivity contribution < 1.29 is 39.9 Å². The van der Waals surface area contributed by atoms with Crippen LogP contribution in [0.25, 0.3) is 0 Å². The highest BCUT2D eigenvalue weighted by Gasteiger charge is 2.38. The molecule has 1 unspecified atom stereocenters. The summed E-state index contributed by atoms with van der Waals surface area (Å²) in [5.41, 5.74) is -2.64. The summed E-state index contributed by atoms with van der Waals surface area (Å²) in [6, 6.07) is 5.03. The molecule has 0 bridgehead atoms. The summed E-state index contributed by atoms with van der Waals surface area (Å²) in [7, 11) is 1.30. The maximum atomic E-state index is 13.7. The van der Waals surface area contributed by atoms with Crippen molar-refractivity contribution in [3.8, 4) is 0 Å². The molecule has 0 aliphatic carbocycles. The van der Waals surface area contributed by atoms with Crippen LogP contribution in [0, 0.1) is 5.82 Å². The van der Waals surface area contributed by atoms with Gasteiger partial charge in [0.25, 0.3) is 0 Å². The molecule has 36 heavy (non-hydrogen) atoms. The van der Waals surface area contributed by atoms with Crippen molar-refractivity contribution in [1.82, 2.24) is 9.80 Å². The lowest BCUT2D eigenvalue weighted by Gasteiger charge is -2.37. The smallest absolute Gasteiger partial charge is 0.339 e. The Morgan fingerprint density at radius 2 is 1.44 bits per heavy atom. The summed E-state index contributed by atoms with van der Waals surface area (Å²) in [5.74, 6) is -1.02. The number of hydrogen-bond donors (Lipinski definition) is 0. The van der Waals surface area contributed by atoms with Crippen LogP contribution in [-0.2, 0) is 17.1 Å². The van der Waals surface area contributed by atoms with E-state index in [9.17, 15) is 39.9 Å². The van der Waals surface area contributed by atoms with Gasteiger partial charge in [0.15, 0.2) is 0 Å². The van der Waals surface area contributed by atoms with Crippen molar-refractivity contribution >= 4 is 5.91 Å².